The third kappa shape index (κ3) is 7.50. The van der Waals surface area contributed by atoms with Gasteiger partial charge in [-0.15, -0.1) is 0 Å². The van der Waals surface area contributed by atoms with E-state index >= 15 is 0 Å². The van der Waals surface area contributed by atoms with Crippen molar-refractivity contribution in [2.45, 2.75) is 13.1 Å². The van der Waals surface area contributed by atoms with E-state index in [0.717, 1.165) is 30.9 Å². The van der Waals surface area contributed by atoms with Gasteiger partial charge >= 0.3 is 6.18 Å². The van der Waals surface area contributed by atoms with Crippen LogP contribution >= 0.6 is 0 Å². The van der Waals surface area contributed by atoms with E-state index in [9.17, 15) is 22.8 Å². The Morgan fingerprint density at radius 3 is 2.46 bits per heavy atom. The Labute approximate surface area is 224 Å². The van der Waals surface area contributed by atoms with Crippen LogP contribution in [0.25, 0.3) is 11.3 Å². The number of aryl methyl sites for hydroxylation is 1. The predicted molar refractivity (Wildman–Crippen MR) is 138 cm³/mol. The predicted octanol–water partition coefficient (Wildman–Crippen LogP) is 3.67. The molecular formula is C27H30F3N5O4. The summed E-state index contributed by atoms with van der Waals surface area (Å²) in [6.45, 7) is 5.20. The SMILES string of the molecule is CC(=O)N1CCN(CCOc2ccc(NC(=O)COc3cccc(C(F)(F)F)c3)cc2-c2ccnn2C)CC1. The zero-order valence-corrected chi connectivity index (χ0v) is 21.7. The van der Waals surface area contributed by atoms with Gasteiger partial charge in [-0.3, -0.25) is 19.2 Å². The quantitative estimate of drug-likeness (QED) is 0.442. The molecule has 0 bridgehead atoms. The summed E-state index contributed by atoms with van der Waals surface area (Å²) in [5.74, 6) is 0.115. The summed E-state index contributed by atoms with van der Waals surface area (Å²) in [7, 11) is 1.79. The normalized spacial score (nSPS) is 14.2. The minimum Gasteiger partial charge on any atom is -0.492 e. The van der Waals surface area contributed by atoms with Gasteiger partial charge in [-0.1, -0.05) is 6.07 Å². The van der Waals surface area contributed by atoms with Crippen LogP contribution in [-0.2, 0) is 22.8 Å². The molecule has 0 aliphatic carbocycles. The van der Waals surface area contributed by atoms with Crippen LogP contribution in [0.5, 0.6) is 11.5 Å². The van der Waals surface area contributed by atoms with E-state index < -0.39 is 24.3 Å². The fourth-order valence-electron chi connectivity index (χ4n) is 4.25. The Morgan fingerprint density at radius 1 is 1.03 bits per heavy atom. The molecule has 0 spiro atoms. The van der Waals surface area contributed by atoms with Gasteiger partial charge in [0.2, 0.25) is 5.91 Å². The molecule has 0 radical (unpaired) electrons. The fourth-order valence-corrected chi connectivity index (χ4v) is 4.25. The number of halogens is 3. The maximum atomic E-state index is 12.9. The van der Waals surface area contributed by atoms with Gasteiger partial charge in [0.25, 0.3) is 5.91 Å². The zero-order valence-electron chi connectivity index (χ0n) is 21.7. The Kier molecular flexibility index (Phi) is 8.75. The van der Waals surface area contributed by atoms with Gasteiger partial charge in [-0.2, -0.15) is 18.3 Å². The summed E-state index contributed by atoms with van der Waals surface area (Å²) >= 11 is 0. The molecule has 1 aliphatic rings. The van der Waals surface area contributed by atoms with Crippen LogP contribution in [0.2, 0.25) is 0 Å². The van der Waals surface area contributed by atoms with E-state index in [-0.39, 0.29) is 11.7 Å². The Morgan fingerprint density at radius 2 is 1.79 bits per heavy atom. The van der Waals surface area contributed by atoms with Crippen molar-refractivity contribution in [2.24, 2.45) is 7.05 Å². The van der Waals surface area contributed by atoms with Crippen molar-refractivity contribution < 1.29 is 32.2 Å². The highest BCUT2D eigenvalue weighted by Gasteiger charge is 2.30. The number of nitrogens with zero attached hydrogens (tertiary/aromatic N) is 4. The summed E-state index contributed by atoms with van der Waals surface area (Å²) < 4.78 is 51.8. The second kappa shape index (κ2) is 12.2. The lowest BCUT2D eigenvalue weighted by atomic mass is 10.1. The van der Waals surface area contributed by atoms with Gasteiger partial charge in [-0.25, -0.2) is 0 Å². The van der Waals surface area contributed by atoms with E-state index in [2.05, 4.69) is 15.3 Å². The van der Waals surface area contributed by atoms with E-state index in [4.69, 9.17) is 9.47 Å². The van der Waals surface area contributed by atoms with Crippen molar-refractivity contribution in [1.29, 1.82) is 0 Å². The molecule has 1 fully saturated rings. The molecule has 1 aromatic heterocycles. The summed E-state index contributed by atoms with van der Waals surface area (Å²) in [6, 6.07) is 11.4. The smallest absolute Gasteiger partial charge is 0.416 e. The number of carbonyl (C=O) groups is 2. The van der Waals surface area contributed by atoms with Crippen LogP contribution in [-0.4, -0.2) is 77.3 Å². The van der Waals surface area contributed by atoms with Crippen LogP contribution in [0, 0.1) is 0 Å². The molecule has 2 amide bonds. The average Bonchev–Trinajstić information content (AvgIpc) is 3.33. The standard InChI is InChI=1S/C27H30F3N5O4/c1-19(36)35-12-10-34(11-13-35)14-15-38-25-7-6-21(17-23(25)24-8-9-31-33(24)2)32-26(37)18-39-22-5-3-4-20(16-22)27(28,29)30/h3-9,16-17H,10-15,18H2,1-2H3,(H,32,37). The van der Waals surface area contributed by atoms with Crippen LogP contribution < -0.4 is 14.8 Å². The lowest BCUT2D eigenvalue weighted by Crippen LogP contribution is -2.48. The molecule has 0 saturated carbocycles. The lowest BCUT2D eigenvalue weighted by Gasteiger charge is -2.34. The summed E-state index contributed by atoms with van der Waals surface area (Å²) in [6.07, 6.45) is -2.85. The molecule has 0 unspecified atom stereocenters. The van der Waals surface area contributed by atoms with Gasteiger partial charge in [0.1, 0.15) is 18.1 Å². The number of carbonyl (C=O) groups excluding carboxylic acids is 2. The first-order valence-electron chi connectivity index (χ1n) is 12.4. The number of benzene rings is 2. The number of anilines is 1. The minimum absolute atomic E-state index is 0.0537. The van der Waals surface area contributed by atoms with Gasteiger partial charge in [0.05, 0.1) is 11.3 Å². The van der Waals surface area contributed by atoms with E-state index in [1.54, 1.807) is 43.0 Å². The second-order valence-electron chi connectivity index (χ2n) is 9.11. The van der Waals surface area contributed by atoms with Crippen LogP contribution in [0.4, 0.5) is 18.9 Å². The molecule has 208 valence electrons. The molecule has 2 heterocycles. The molecule has 12 heteroatoms. The third-order valence-electron chi connectivity index (χ3n) is 6.37. The number of rotatable bonds is 9. The highest BCUT2D eigenvalue weighted by Crippen LogP contribution is 2.33. The number of amides is 2. The van der Waals surface area contributed by atoms with Crippen molar-refractivity contribution in [3.8, 4) is 22.8 Å². The van der Waals surface area contributed by atoms with Crippen molar-refractivity contribution in [3.05, 3.63) is 60.3 Å². The van der Waals surface area contributed by atoms with Gasteiger partial charge < -0.3 is 19.7 Å². The number of alkyl halides is 3. The van der Waals surface area contributed by atoms with Crippen LogP contribution in [0.1, 0.15) is 12.5 Å². The van der Waals surface area contributed by atoms with Crippen LogP contribution in [0.15, 0.2) is 54.7 Å². The molecule has 1 saturated heterocycles. The molecule has 9 nitrogen and oxygen atoms in total. The first kappa shape index (κ1) is 28.0. The molecular weight excluding hydrogens is 515 g/mol. The largest absolute Gasteiger partial charge is 0.492 e. The van der Waals surface area contributed by atoms with Crippen molar-refractivity contribution in [2.75, 3.05) is 51.3 Å². The highest BCUT2D eigenvalue weighted by atomic mass is 19.4. The monoisotopic (exact) mass is 545 g/mol. The van der Waals surface area contributed by atoms with Gasteiger partial charge in [0, 0.05) is 64.1 Å². The molecule has 39 heavy (non-hydrogen) atoms. The number of ether oxygens (including phenoxy) is 2. The first-order chi connectivity index (χ1) is 18.6. The molecule has 1 aliphatic heterocycles. The number of hydrogen-bond acceptors (Lipinski definition) is 6. The highest BCUT2D eigenvalue weighted by molar-refractivity contribution is 5.93. The van der Waals surface area contributed by atoms with E-state index in [0.29, 0.717) is 43.2 Å². The molecule has 0 atom stereocenters. The van der Waals surface area contributed by atoms with Gasteiger partial charge in [-0.05, 0) is 42.5 Å². The molecule has 1 N–H and O–H groups in total. The zero-order chi connectivity index (χ0) is 28.0. The number of hydrogen-bond donors (Lipinski definition) is 1. The fraction of sp³-hybridized carbons (Fsp3) is 0.370. The summed E-state index contributed by atoms with van der Waals surface area (Å²) in [5, 5.41) is 6.94. The van der Waals surface area contributed by atoms with Crippen molar-refractivity contribution in [3.63, 3.8) is 0 Å². The van der Waals surface area contributed by atoms with E-state index in [1.807, 2.05) is 11.0 Å². The number of aromatic nitrogens is 2. The van der Waals surface area contributed by atoms with Crippen LogP contribution in [0.3, 0.4) is 0 Å². The maximum Gasteiger partial charge on any atom is 0.416 e. The van der Waals surface area contributed by atoms with E-state index in [1.165, 1.54) is 12.1 Å². The summed E-state index contributed by atoms with van der Waals surface area (Å²) in [4.78, 5) is 28.1. The van der Waals surface area contributed by atoms with Gasteiger partial charge in [0.15, 0.2) is 6.61 Å². The maximum absolute atomic E-state index is 12.9. The summed E-state index contributed by atoms with van der Waals surface area (Å²) in [5.41, 5.74) is 1.11. The lowest BCUT2D eigenvalue weighted by molar-refractivity contribution is -0.137. The molecule has 3 aromatic rings. The second-order valence-corrected chi connectivity index (χ2v) is 9.11. The Hall–Kier alpha value is -4.06. The van der Waals surface area contributed by atoms with Crippen molar-refractivity contribution >= 4 is 17.5 Å². The average molecular weight is 546 g/mol. The Bertz CT molecular complexity index is 1300. The topological polar surface area (TPSA) is 88.9 Å². The third-order valence-corrected chi connectivity index (χ3v) is 6.37. The molecule has 2 aromatic carbocycles. The first-order valence-corrected chi connectivity index (χ1v) is 12.4. The number of nitrogens with one attached hydrogen (secondary N) is 1. The number of piperazine rings is 1. The Balaban J connectivity index is 1.38. The molecule has 4 rings (SSSR count). The minimum atomic E-state index is -4.50. The van der Waals surface area contributed by atoms with Crippen molar-refractivity contribution in [1.82, 2.24) is 19.6 Å².